The van der Waals surface area contributed by atoms with E-state index >= 15 is 0 Å². The smallest absolute Gasteiger partial charge is 0.230 e. The normalized spacial score (nSPS) is 10.9. The molecule has 1 aromatic carbocycles. The molecule has 0 radical (unpaired) electrons. The molecule has 23 heavy (non-hydrogen) atoms. The highest BCUT2D eigenvalue weighted by atomic mass is 32.1. The Balaban J connectivity index is 1.69. The van der Waals surface area contributed by atoms with E-state index in [9.17, 15) is 4.79 Å². The number of hydrogen-bond donors (Lipinski definition) is 1. The summed E-state index contributed by atoms with van der Waals surface area (Å²) in [5.74, 6) is 0.344. The number of carbonyl (C=O) groups excluding carboxylic acids is 1. The summed E-state index contributed by atoms with van der Waals surface area (Å²) in [7, 11) is 0. The van der Waals surface area contributed by atoms with Crippen molar-refractivity contribution in [1.29, 1.82) is 0 Å². The first kappa shape index (κ1) is 15.9. The van der Waals surface area contributed by atoms with Crippen LogP contribution in [-0.4, -0.2) is 10.9 Å². The van der Waals surface area contributed by atoms with Gasteiger partial charge in [-0.3, -0.25) is 4.79 Å². The molecule has 0 spiro atoms. The fourth-order valence-corrected chi connectivity index (χ4v) is 3.91. The average molecular weight is 342 g/mol. The van der Waals surface area contributed by atoms with Crippen LogP contribution in [0.3, 0.4) is 0 Å². The van der Waals surface area contributed by atoms with Gasteiger partial charge in [0.1, 0.15) is 5.01 Å². The molecular weight excluding hydrogens is 324 g/mol. The van der Waals surface area contributed by atoms with Crippen molar-refractivity contribution >= 4 is 34.3 Å². The van der Waals surface area contributed by atoms with Gasteiger partial charge < -0.3 is 5.32 Å². The second kappa shape index (κ2) is 7.06. The van der Waals surface area contributed by atoms with Crippen molar-refractivity contribution in [2.24, 2.45) is 0 Å². The zero-order valence-corrected chi connectivity index (χ0v) is 14.7. The van der Waals surface area contributed by atoms with Gasteiger partial charge in [-0.25, -0.2) is 4.98 Å². The molecule has 0 aliphatic rings. The quantitative estimate of drug-likeness (QED) is 0.694. The molecule has 0 saturated carbocycles. The average Bonchev–Trinajstić information content (AvgIpc) is 3.18. The minimum Gasteiger partial charge on any atom is -0.325 e. The van der Waals surface area contributed by atoms with E-state index in [1.165, 1.54) is 0 Å². The number of rotatable bonds is 5. The fraction of sp³-hybridized carbons (Fsp3) is 0.222. The van der Waals surface area contributed by atoms with Crippen LogP contribution in [0.25, 0.3) is 10.6 Å². The van der Waals surface area contributed by atoms with Gasteiger partial charge in [0.05, 0.1) is 12.1 Å². The number of nitrogens with zero attached hydrogens (tertiary/aromatic N) is 1. The van der Waals surface area contributed by atoms with Crippen molar-refractivity contribution in [3.05, 3.63) is 57.7 Å². The largest absolute Gasteiger partial charge is 0.325 e. The molecule has 0 atom stereocenters. The van der Waals surface area contributed by atoms with Crippen LogP contribution in [0, 0.1) is 0 Å². The van der Waals surface area contributed by atoms with E-state index in [0.717, 1.165) is 27.5 Å². The summed E-state index contributed by atoms with van der Waals surface area (Å²) in [6.45, 7) is 4.25. The molecular formula is C18H18N2OS2. The molecule has 3 rings (SSSR count). The summed E-state index contributed by atoms with van der Waals surface area (Å²) in [4.78, 5) is 16.9. The monoisotopic (exact) mass is 342 g/mol. The van der Waals surface area contributed by atoms with Crippen molar-refractivity contribution in [3.8, 4) is 10.6 Å². The zero-order chi connectivity index (χ0) is 16.2. The van der Waals surface area contributed by atoms with Crippen LogP contribution in [-0.2, 0) is 11.2 Å². The Morgan fingerprint density at radius 2 is 2.04 bits per heavy atom. The third-order valence-electron chi connectivity index (χ3n) is 3.52. The minimum atomic E-state index is -0.0275. The maximum Gasteiger partial charge on any atom is 0.230 e. The van der Waals surface area contributed by atoms with E-state index < -0.39 is 0 Å². The van der Waals surface area contributed by atoms with Gasteiger partial charge >= 0.3 is 0 Å². The zero-order valence-electron chi connectivity index (χ0n) is 13.1. The molecule has 1 N–H and O–H groups in total. The van der Waals surface area contributed by atoms with Gasteiger partial charge in [-0.15, -0.1) is 11.3 Å². The number of benzene rings is 1. The summed E-state index contributed by atoms with van der Waals surface area (Å²) < 4.78 is 0. The van der Waals surface area contributed by atoms with Crippen molar-refractivity contribution in [2.45, 2.75) is 26.2 Å². The third-order valence-corrected chi connectivity index (χ3v) is 5.14. The van der Waals surface area contributed by atoms with Crippen LogP contribution in [0.5, 0.6) is 0 Å². The number of thiazole rings is 1. The highest BCUT2D eigenvalue weighted by Crippen LogP contribution is 2.26. The first-order valence-corrected chi connectivity index (χ1v) is 9.31. The van der Waals surface area contributed by atoms with Crippen LogP contribution < -0.4 is 5.32 Å². The van der Waals surface area contributed by atoms with Gasteiger partial charge in [0.25, 0.3) is 0 Å². The Morgan fingerprint density at radius 1 is 1.22 bits per heavy atom. The maximum atomic E-state index is 12.3. The number of thiophene rings is 1. The van der Waals surface area contributed by atoms with Crippen LogP contribution in [0.2, 0.25) is 0 Å². The van der Waals surface area contributed by atoms with E-state index in [2.05, 4.69) is 35.6 Å². The SMILES string of the molecule is CC(C)c1ccccc1NC(=O)Cc1csc(-c2ccsc2)n1. The van der Waals surface area contributed by atoms with Crippen LogP contribution in [0.1, 0.15) is 31.0 Å². The highest BCUT2D eigenvalue weighted by Gasteiger charge is 2.12. The molecule has 1 amide bonds. The number of para-hydroxylation sites is 1. The summed E-state index contributed by atoms with van der Waals surface area (Å²) in [6, 6.07) is 9.99. The maximum absolute atomic E-state index is 12.3. The lowest BCUT2D eigenvalue weighted by molar-refractivity contribution is -0.115. The van der Waals surface area contributed by atoms with Gasteiger partial charge in [-0.2, -0.15) is 11.3 Å². The highest BCUT2D eigenvalue weighted by molar-refractivity contribution is 7.14. The molecule has 0 aliphatic heterocycles. The summed E-state index contributed by atoms with van der Waals surface area (Å²) in [5.41, 5.74) is 3.98. The number of carbonyl (C=O) groups is 1. The third kappa shape index (κ3) is 3.86. The number of aromatic nitrogens is 1. The molecule has 118 valence electrons. The lowest BCUT2D eigenvalue weighted by atomic mass is 10.0. The second-order valence-corrected chi connectivity index (χ2v) is 7.26. The summed E-state index contributed by atoms with van der Waals surface area (Å²) in [6.07, 6.45) is 0.299. The summed E-state index contributed by atoms with van der Waals surface area (Å²) >= 11 is 3.23. The van der Waals surface area contributed by atoms with Crippen molar-refractivity contribution in [3.63, 3.8) is 0 Å². The first-order chi connectivity index (χ1) is 11.1. The number of amides is 1. The Hall–Kier alpha value is -1.98. The van der Waals surface area contributed by atoms with Gasteiger partial charge in [-0.05, 0) is 29.0 Å². The molecule has 2 aromatic heterocycles. The van der Waals surface area contributed by atoms with Crippen LogP contribution >= 0.6 is 22.7 Å². The molecule has 0 saturated heterocycles. The fourth-order valence-electron chi connectivity index (χ4n) is 2.38. The van der Waals surface area contributed by atoms with Gasteiger partial charge in [-0.1, -0.05) is 32.0 Å². The number of hydrogen-bond acceptors (Lipinski definition) is 4. The molecule has 5 heteroatoms. The first-order valence-electron chi connectivity index (χ1n) is 7.49. The van der Waals surface area contributed by atoms with Crippen molar-refractivity contribution in [2.75, 3.05) is 5.32 Å². The van der Waals surface area contributed by atoms with Crippen molar-refractivity contribution < 1.29 is 4.79 Å². The van der Waals surface area contributed by atoms with Gasteiger partial charge in [0, 0.05) is 22.0 Å². The molecule has 3 aromatic rings. The van der Waals surface area contributed by atoms with Crippen LogP contribution in [0.15, 0.2) is 46.5 Å². The van der Waals surface area contributed by atoms with Crippen LogP contribution in [0.4, 0.5) is 5.69 Å². The second-order valence-electron chi connectivity index (χ2n) is 5.62. The number of nitrogens with one attached hydrogen (secondary N) is 1. The molecule has 2 heterocycles. The predicted molar refractivity (Wildman–Crippen MR) is 98.3 cm³/mol. The van der Waals surface area contributed by atoms with Gasteiger partial charge in [0.15, 0.2) is 0 Å². The van der Waals surface area contributed by atoms with E-state index in [-0.39, 0.29) is 5.91 Å². The number of anilines is 1. The van der Waals surface area contributed by atoms with E-state index in [4.69, 9.17) is 0 Å². The summed E-state index contributed by atoms with van der Waals surface area (Å²) in [5, 5.41) is 10.0. The standard InChI is InChI=1S/C18H18N2OS2/c1-12(2)15-5-3-4-6-16(15)20-17(21)9-14-11-23-18(19-14)13-7-8-22-10-13/h3-8,10-12H,9H2,1-2H3,(H,20,21). The Kier molecular flexibility index (Phi) is 4.88. The predicted octanol–water partition coefficient (Wildman–Crippen LogP) is 5.18. The molecule has 0 aliphatic carbocycles. The lowest BCUT2D eigenvalue weighted by Crippen LogP contribution is -2.16. The lowest BCUT2D eigenvalue weighted by Gasteiger charge is -2.13. The molecule has 0 fully saturated rings. The Labute approximate surface area is 144 Å². The van der Waals surface area contributed by atoms with E-state index in [1.807, 2.05) is 35.0 Å². The Bertz CT molecular complexity index is 791. The molecule has 3 nitrogen and oxygen atoms in total. The Morgan fingerprint density at radius 3 is 2.78 bits per heavy atom. The topological polar surface area (TPSA) is 42.0 Å². The van der Waals surface area contributed by atoms with E-state index in [1.54, 1.807) is 22.7 Å². The molecule has 0 bridgehead atoms. The molecule has 0 unspecified atom stereocenters. The van der Waals surface area contributed by atoms with E-state index in [0.29, 0.717) is 12.3 Å². The van der Waals surface area contributed by atoms with Crippen molar-refractivity contribution in [1.82, 2.24) is 4.98 Å². The van der Waals surface area contributed by atoms with Gasteiger partial charge in [0.2, 0.25) is 5.91 Å². The minimum absolute atomic E-state index is 0.0275.